The van der Waals surface area contributed by atoms with E-state index in [0.717, 1.165) is 6.42 Å². The fourth-order valence-electron chi connectivity index (χ4n) is 2.10. The minimum atomic E-state index is -0.333. The Hall–Kier alpha value is -1.62. The van der Waals surface area contributed by atoms with Crippen molar-refractivity contribution in [1.29, 1.82) is 0 Å². The summed E-state index contributed by atoms with van der Waals surface area (Å²) in [6, 6.07) is 6.08. The summed E-state index contributed by atoms with van der Waals surface area (Å²) < 4.78 is 13.1. The summed E-state index contributed by atoms with van der Waals surface area (Å²) in [6.45, 7) is 1.11. The van der Waals surface area contributed by atoms with Gasteiger partial charge in [0.15, 0.2) is 0 Å². The number of carbonyl (C=O) groups is 1. The summed E-state index contributed by atoms with van der Waals surface area (Å²) in [7, 11) is 1.75. The van der Waals surface area contributed by atoms with Crippen LogP contribution in [-0.2, 0) is 0 Å². The molecule has 5 heteroatoms. The number of hydrogen-bond donors (Lipinski definition) is 1. The topological polar surface area (TPSA) is 49.6 Å². The van der Waals surface area contributed by atoms with E-state index in [1.165, 1.54) is 12.1 Å². The number of benzene rings is 1. The summed E-state index contributed by atoms with van der Waals surface area (Å²) in [5.74, 6) is -0.333. The van der Waals surface area contributed by atoms with E-state index in [-0.39, 0.29) is 17.9 Å². The van der Waals surface area contributed by atoms with Gasteiger partial charge in [-0.3, -0.25) is 4.90 Å². The van der Waals surface area contributed by atoms with Gasteiger partial charge in [0.1, 0.15) is 5.82 Å². The highest BCUT2D eigenvalue weighted by atomic mass is 19.1. The average molecular weight is 237 g/mol. The third-order valence-electron chi connectivity index (χ3n) is 3.09. The van der Waals surface area contributed by atoms with Crippen LogP contribution in [0, 0.1) is 5.82 Å². The van der Waals surface area contributed by atoms with E-state index in [2.05, 4.69) is 0 Å². The number of carbonyl (C=O) groups excluding carboxylic acids is 1. The molecule has 0 spiro atoms. The van der Waals surface area contributed by atoms with Crippen molar-refractivity contribution in [2.75, 3.05) is 25.0 Å². The maximum Gasteiger partial charge on any atom is 0.324 e. The number of likely N-dealkylation sites (N-methyl/N-ethyl adjacent to an activating group) is 1. The van der Waals surface area contributed by atoms with E-state index in [0.29, 0.717) is 18.8 Å². The number of halogens is 1. The van der Waals surface area contributed by atoms with Crippen LogP contribution in [0.1, 0.15) is 6.42 Å². The van der Waals surface area contributed by atoms with Gasteiger partial charge >= 0.3 is 6.03 Å². The number of hydrogen-bond acceptors (Lipinski definition) is 2. The minimum absolute atomic E-state index is 0.103. The molecule has 2 rings (SSSR count). The first-order valence-corrected chi connectivity index (χ1v) is 5.63. The zero-order valence-electron chi connectivity index (χ0n) is 9.77. The Morgan fingerprint density at radius 1 is 1.53 bits per heavy atom. The van der Waals surface area contributed by atoms with Crippen molar-refractivity contribution < 1.29 is 9.18 Å². The first kappa shape index (κ1) is 11.9. The minimum Gasteiger partial charge on any atom is -0.330 e. The molecule has 1 aliphatic rings. The molecule has 1 aliphatic heterocycles. The Bertz CT molecular complexity index is 424. The van der Waals surface area contributed by atoms with Gasteiger partial charge in [0, 0.05) is 19.3 Å². The van der Waals surface area contributed by atoms with E-state index in [1.54, 1.807) is 29.0 Å². The van der Waals surface area contributed by atoms with Crippen LogP contribution in [0.5, 0.6) is 0 Å². The van der Waals surface area contributed by atoms with Crippen LogP contribution in [0.4, 0.5) is 14.9 Å². The number of rotatable bonds is 3. The van der Waals surface area contributed by atoms with Gasteiger partial charge in [0.05, 0.1) is 6.04 Å². The summed E-state index contributed by atoms with van der Waals surface area (Å²) in [5, 5.41) is 0. The summed E-state index contributed by atoms with van der Waals surface area (Å²) in [4.78, 5) is 15.2. The lowest BCUT2D eigenvalue weighted by molar-refractivity contribution is 0.217. The predicted molar refractivity (Wildman–Crippen MR) is 64.4 cm³/mol. The summed E-state index contributed by atoms with van der Waals surface area (Å²) in [5.41, 5.74) is 6.11. The second-order valence-electron chi connectivity index (χ2n) is 4.22. The lowest BCUT2D eigenvalue weighted by Gasteiger charge is -2.16. The molecule has 17 heavy (non-hydrogen) atoms. The molecule has 2 amide bonds. The van der Waals surface area contributed by atoms with Crippen LogP contribution in [0.15, 0.2) is 24.3 Å². The Morgan fingerprint density at radius 2 is 2.29 bits per heavy atom. The molecule has 2 N–H and O–H groups in total. The molecule has 1 atom stereocenters. The van der Waals surface area contributed by atoms with Crippen LogP contribution in [-0.4, -0.2) is 37.1 Å². The molecule has 1 heterocycles. The Balaban J connectivity index is 2.20. The molecule has 0 aliphatic carbocycles. The van der Waals surface area contributed by atoms with Crippen LogP contribution in [0.3, 0.4) is 0 Å². The van der Waals surface area contributed by atoms with Crippen LogP contribution in [0.2, 0.25) is 0 Å². The smallest absolute Gasteiger partial charge is 0.324 e. The third-order valence-corrected chi connectivity index (χ3v) is 3.09. The molecule has 1 fully saturated rings. The summed E-state index contributed by atoms with van der Waals surface area (Å²) >= 11 is 0. The van der Waals surface area contributed by atoms with E-state index in [1.807, 2.05) is 0 Å². The highest BCUT2D eigenvalue weighted by Crippen LogP contribution is 2.24. The van der Waals surface area contributed by atoms with Crippen molar-refractivity contribution in [1.82, 2.24) is 4.90 Å². The zero-order valence-corrected chi connectivity index (χ0v) is 9.77. The highest BCUT2D eigenvalue weighted by molar-refractivity contribution is 5.94. The highest BCUT2D eigenvalue weighted by Gasteiger charge is 2.34. The lowest BCUT2D eigenvalue weighted by Crippen LogP contribution is -2.32. The maximum absolute atomic E-state index is 13.1. The normalized spacial score (nSPS) is 20.2. The second kappa shape index (κ2) is 4.71. The standard InChI is InChI=1S/C12H16FN3O/c1-15-11(5-6-14)8-16(12(15)17)10-4-2-3-9(13)7-10/h2-4,7,11H,5-6,8,14H2,1H3. The quantitative estimate of drug-likeness (QED) is 0.864. The Kier molecular flexibility index (Phi) is 3.28. The molecule has 1 saturated heterocycles. The predicted octanol–water partition coefficient (Wildman–Crippen LogP) is 1.41. The van der Waals surface area contributed by atoms with Crippen molar-refractivity contribution in [3.63, 3.8) is 0 Å². The van der Waals surface area contributed by atoms with Crippen molar-refractivity contribution in [3.05, 3.63) is 30.1 Å². The number of anilines is 1. The first-order chi connectivity index (χ1) is 8.13. The average Bonchev–Trinajstić information content (AvgIpc) is 2.58. The van der Waals surface area contributed by atoms with E-state index in [4.69, 9.17) is 5.73 Å². The number of nitrogens with zero attached hydrogens (tertiary/aromatic N) is 2. The molecule has 4 nitrogen and oxygen atoms in total. The second-order valence-corrected chi connectivity index (χ2v) is 4.22. The fourth-order valence-corrected chi connectivity index (χ4v) is 2.10. The third kappa shape index (κ3) is 2.24. The zero-order chi connectivity index (χ0) is 12.4. The molecule has 1 aromatic carbocycles. The molecule has 0 radical (unpaired) electrons. The van der Waals surface area contributed by atoms with Gasteiger partial charge in [-0.25, -0.2) is 9.18 Å². The number of nitrogens with two attached hydrogens (primary N) is 1. The van der Waals surface area contributed by atoms with Gasteiger partial charge in [-0.15, -0.1) is 0 Å². The number of urea groups is 1. The molecule has 1 unspecified atom stereocenters. The van der Waals surface area contributed by atoms with Gasteiger partial charge in [-0.05, 0) is 31.2 Å². The van der Waals surface area contributed by atoms with E-state index >= 15 is 0 Å². The lowest BCUT2D eigenvalue weighted by atomic mass is 10.2. The number of amides is 2. The van der Waals surface area contributed by atoms with Crippen molar-refractivity contribution >= 4 is 11.7 Å². The van der Waals surface area contributed by atoms with Crippen LogP contribution in [0.25, 0.3) is 0 Å². The van der Waals surface area contributed by atoms with Crippen molar-refractivity contribution in [3.8, 4) is 0 Å². The van der Waals surface area contributed by atoms with E-state index < -0.39 is 0 Å². The largest absolute Gasteiger partial charge is 0.330 e. The van der Waals surface area contributed by atoms with Gasteiger partial charge in [-0.1, -0.05) is 6.07 Å². The molecular formula is C12H16FN3O. The molecule has 0 saturated carbocycles. The monoisotopic (exact) mass is 237 g/mol. The molecular weight excluding hydrogens is 221 g/mol. The molecule has 0 bridgehead atoms. The SMILES string of the molecule is CN1C(=O)N(c2cccc(F)c2)CC1CCN. The molecule has 0 aromatic heterocycles. The van der Waals surface area contributed by atoms with Gasteiger partial charge in [-0.2, -0.15) is 0 Å². The Labute approximate surface area is 99.8 Å². The van der Waals surface area contributed by atoms with Crippen LogP contribution < -0.4 is 10.6 Å². The fraction of sp³-hybridized carbons (Fsp3) is 0.417. The van der Waals surface area contributed by atoms with Crippen molar-refractivity contribution in [2.45, 2.75) is 12.5 Å². The summed E-state index contributed by atoms with van der Waals surface area (Å²) in [6.07, 6.45) is 0.758. The molecule has 1 aromatic rings. The maximum atomic E-state index is 13.1. The van der Waals surface area contributed by atoms with Gasteiger partial charge in [0.2, 0.25) is 0 Å². The molecule has 92 valence electrons. The van der Waals surface area contributed by atoms with Crippen molar-refractivity contribution in [2.24, 2.45) is 5.73 Å². The Morgan fingerprint density at radius 3 is 2.94 bits per heavy atom. The van der Waals surface area contributed by atoms with Gasteiger partial charge in [0.25, 0.3) is 0 Å². The van der Waals surface area contributed by atoms with E-state index in [9.17, 15) is 9.18 Å². The van der Waals surface area contributed by atoms with Gasteiger partial charge < -0.3 is 10.6 Å². The van der Waals surface area contributed by atoms with Crippen LogP contribution >= 0.6 is 0 Å². The first-order valence-electron chi connectivity index (χ1n) is 5.63.